The zero-order valence-corrected chi connectivity index (χ0v) is 21.5. The summed E-state index contributed by atoms with van der Waals surface area (Å²) in [5.74, 6) is 2.41. The van der Waals surface area contributed by atoms with Crippen molar-refractivity contribution in [3.05, 3.63) is 83.2 Å². The van der Waals surface area contributed by atoms with Crippen molar-refractivity contribution in [3.8, 4) is 23.0 Å². The summed E-state index contributed by atoms with van der Waals surface area (Å²) in [5.41, 5.74) is 2.58. The molecule has 0 radical (unpaired) electrons. The van der Waals surface area contributed by atoms with E-state index >= 15 is 0 Å². The van der Waals surface area contributed by atoms with Gasteiger partial charge >= 0.3 is 0 Å². The Morgan fingerprint density at radius 1 is 0.892 bits per heavy atom. The summed E-state index contributed by atoms with van der Waals surface area (Å²) in [7, 11) is 6.45. The number of hydrogen-bond acceptors (Lipinski definition) is 7. The molecule has 7 nitrogen and oxygen atoms in total. The molecule has 3 unspecified atom stereocenters. The summed E-state index contributed by atoms with van der Waals surface area (Å²) in [5, 5.41) is 0. The number of benzene rings is 2. The van der Waals surface area contributed by atoms with Crippen LogP contribution in [0.5, 0.6) is 23.0 Å². The predicted molar refractivity (Wildman–Crippen MR) is 139 cm³/mol. The minimum atomic E-state index is -0.981. The number of nitrogens with zero attached hydrogens (tertiary/aromatic N) is 1. The summed E-state index contributed by atoms with van der Waals surface area (Å²) >= 11 is 0. The highest BCUT2D eigenvalue weighted by molar-refractivity contribution is 6.09. The van der Waals surface area contributed by atoms with Crippen molar-refractivity contribution in [2.45, 2.75) is 36.9 Å². The van der Waals surface area contributed by atoms with Gasteiger partial charge in [-0.2, -0.15) is 0 Å². The quantitative estimate of drug-likeness (QED) is 0.393. The lowest BCUT2D eigenvalue weighted by Crippen LogP contribution is -2.38. The Labute approximate surface area is 217 Å². The van der Waals surface area contributed by atoms with Gasteiger partial charge in [-0.3, -0.25) is 9.78 Å². The summed E-state index contributed by atoms with van der Waals surface area (Å²) < 4.78 is 28.7. The van der Waals surface area contributed by atoms with Crippen LogP contribution in [-0.4, -0.2) is 44.8 Å². The van der Waals surface area contributed by atoms with Crippen molar-refractivity contribution in [1.29, 1.82) is 0 Å². The minimum absolute atomic E-state index is 0.0270. The van der Waals surface area contributed by atoms with Crippen LogP contribution in [-0.2, 0) is 9.53 Å². The van der Waals surface area contributed by atoms with Gasteiger partial charge < -0.3 is 23.7 Å². The zero-order valence-electron chi connectivity index (χ0n) is 21.5. The van der Waals surface area contributed by atoms with Gasteiger partial charge in [0.05, 0.1) is 34.5 Å². The third kappa shape index (κ3) is 4.44. The fraction of sp³-hybridized carbons (Fsp3) is 0.333. The highest BCUT2D eigenvalue weighted by atomic mass is 16.5. The smallest absolute Gasteiger partial charge is 0.191 e. The van der Waals surface area contributed by atoms with E-state index in [4.69, 9.17) is 23.7 Å². The predicted octanol–water partition coefficient (Wildman–Crippen LogP) is 5.55. The highest BCUT2D eigenvalue weighted by Crippen LogP contribution is 2.56. The first-order valence-corrected chi connectivity index (χ1v) is 12.3. The van der Waals surface area contributed by atoms with Gasteiger partial charge in [0.2, 0.25) is 0 Å². The first kappa shape index (κ1) is 24.8. The Morgan fingerprint density at radius 3 is 2.16 bits per heavy atom. The van der Waals surface area contributed by atoms with E-state index in [0.717, 1.165) is 22.3 Å². The van der Waals surface area contributed by atoms with Crippen molar-refractivity contribution in [2.24, 2.45) is 0 Å². The van der Waals surface area contributed by atoms with Crippen LogP contribution < -0.4 is 18.9 Å². The van der Waals surface area contributed by atoms with Crippen molar-refractivity contribution in [2.75, 3.05) is 28.4 Å². The standard InChI is InChI=1S/C30H31NO6/c1-33-25-9-7-20(16-27(25)35-3)23-15-22(14-19-6-5-13-31-18-19)29(32)30(23)12-11-24(37-30)21-8-10-26(34-2)28(17-21)36-4/h5-10,13-14,16-18,23-24H,11-12,15H2,1-4H3. The van der Waals surface area contributed by atoms with Crippen molar-refractivity contribution >= 4 is 11.9 Å². The van der Waals surface area contributed by atoms with E-state index in [1.165, 1.54) is 0 Å². The maximum atomic E-state index is 14.1. The Bertz CT molecular complexity index is 1320. The number of ketones is 1. The summed E-state index contributed by atoms with van der Waals surface area (Å²) in [6.45, 7) is 0. The number of carbonyl (C=O) groups excluding carboxylic acids is 1. The average molecular weight is 502 g/mol. The van der Waals surface area contributed by atoms with Crippen molar-refractivity contribution in [3.63, 3.8) is 0 Å². The van der Waals surface area contributed by atoms with E-state index < -0.39 is 5.60 Å². The lowest BCUT2D eigenvalue weighted by Gasteiger charge is -2.30. The molecule has 3 aromatic rings. The van der Waals surface area contributed by atoms with E-state index in [1.54, 1.807) is 40.8 Å². The van der Waals surface area contributed by atoms with E-state index in [2.05, 4.69) is 4.98 Å². The second-order valence-corrected chi connectivity index (χ2v) is 9.31. The van der Waals surface area contributed by atoms with Gasteiger partial charge in [-0.25, -0.2) is 0 Å². The largest absolute Gasteiger partial charge is 0.493 e. The van der Waals surface area contributed by atoms with Gasteiger partial charge in [-0.05, 0) is 77.9 Å². The van der Waals surface area contributed by atoms with Crippen LogP contribution in [0.1, 0.15) is 48.0 Å². The van der Waals surface area contributed by atoms with Crippen molar-refractivity contribution < 1.29 is 28.5 Å². The molecular formula is C30H31NO6. The third-order valence-electron chi connectivity index (χ3n) is 7.41. The van der Waals surface area contributed by atoms with E-state index in [-0.39, 0.29) is 17.8 Å². The molecule has 7 heteroatoms. The van der Waals surface area contributed by atoms with Gasteiger partial charge in [0, 0.05) is 18.3 Å². The fourth-order valence-corrected chi connectivity index (χ4v) is 5.58. The van der Waals surface area contributed by atoms with Crippen LogP contribution in [0.4, 0.5) is 0 Å². The van der Waals surface area contributed by atoms with Crippen molar-refractivity contribution in [1.82, 2.24) is 4.98 Å². The van der Waals surface area contributed by atoms with Gasteiger partial charge in [-0.1, -0.05) is 18.2 Å². The molecule has 2 fully saturated rings. The molecule has 1 spiro atoms. The number of hydrogen-bond donors (Lipinski definition) is 0. The maximum Gasteiger partial charge on any atom is 0.191 e. The number of carbonyl (C=O) groups is 1. The Balaban J connectivity index is 1.55. The molecule has 0 N–H and O–H groups in total. The molecular weight excluding hydrogens is 470 g/mol. The summed E-state index contributed by atoms with van der Waals surface area (Å²) in [4.78, 5) is 18.3. The number of Topliss-reactive ketones (excluding diaryl/α,β-unsaturated/α-hetero) is 1. The number of ether oxygens (including phenoxy) is 5. The van der Waals surface area contributed by atoms with Crippen LogP contribution in [0.15, 0.2) is 66.5 Å². The molecule has 2 aliphatic rings. The molecule has 1 aliphatic carbocycles. The molecule has 2 aromatic carbocycles. The van der Waals surface area contributed by atoms with E-state index in [0.29, 0.717) is 42.3 Å². The Hall–Kier alpha value is -3.84. The minimum Gasteiger partial charge on any atom is -0.493 e. The van der Waals surface area contributed by atoms with Crippen LogP contribution in [0.3, 0.4) is 0 Å². The second kappa shape index (κ2) is 10.3. The lowest BCUT2D eigenvalue weighted by molar-refractivity contribution is -0.138. The molecule has 0 bridgehead atoms. The highest BCUT2D eigenvalue weighted by Gasteiger charge is 2.58. The summed E-state index contributed by atoms with van der Waals surface area (Å²) in [6.07, 6.45) is 7.05. The molecule has 192 valence electrons. The first-order chi connectivity index (χ1) is 18.0. The topological polar surface area (TPSA) is 76.1 Å². The molecule has 5 rings (SSSR count). The first-order valence-electron chi connectivity index (χ1n) is 12.3. The van der Waals surface area contributed by atoms with Crippen LogP contribution >= 0.6 is 0 Å². The summed E-state index contributed by atoms with van der Waals surface area (Å²) in [6, 6.07) is 15.4. The molecule has 1 aliphatic heterocycles. The molecule has 0 amide bonds. The number of methoxy groups -OCH3 is 4. The average Bonchev–Trinajstić information content (AvgIpc) is 3.51. The number of aromatic nitrogens is 1. The second-order valence-electron chi connectivity index (χ2n) is 9.31. The molecule has 1 saturated carbocycles. The lowest BCUT2D eigenvalue weighted by atomic mass is 9.82. The SMILES string of the molecule is COc1ccc(C2CCC3(O2)C(=O)C(=Cc2cccnc2)CC3c2ccc(OC)c(OC)c2)cc1OC. The molecule has 3 atom stereocenters. The van der Waals surface area contributed by atoms with Crippen LogP contribution in [0.2, 0.25) is 0 Å². The number of rotatable bonds is 7. The van der Waals surface area contributed by atoms with Gasteiger partial charge in [0.25, 0.3) is 0 Å². The molecule has 37 heavy (non-hydrogen) atoms. The Kier molecular flexibility index (Phi) is 6.89. The van der Waals surface area contributed by atoms with Crippen LogP contribution in [0, 0.1) is 0 Å². The normalized spacial score (nSPS) is 24.0. The van der Waals surface area contributed by atoms with Crippen LogP contribution in [0.25, 0.3) is 6.08 Å². The molecule has 2 heterocycles. The molecule has 1 aromatic heterocycles. The maximum absolute atomic E-state index is 14.1. The van der Waals surface area contributed by atoms with Gasteiger partial charge in [0.1, 0.15) is 5.60 Å². The van der Waals surface area contributed by atoms with Gasteiger partial charge in [0.15, 0.2) is 28.8 Å². The zero-order chi connectivity index (χ0) is 26.0. The molecule has 1 saturated heterocycles. The Morgan fingerprint density at radius 2 is 1.54 bits per heavy atom. The third-order valence-corrected chi connectivity index (χ3v) is 7.41. The van der Waals surface area contributed by atoms with Gasteiger partial charge in [-0.15, -0.1) is 0 Å². The van der Waals surface area contributed by atoms with E-state index in [1.807, 2.05) is 54.6 Å². The fourth-order valence-electron chi connectivity index (χ4n) is 5.58. The van der Waals surface area contributed by atoms with E-state index in [9.17, 15) is 4.79 Å². The number of pyridine rings is 1. The monoisotopic (exact) mass is 501 g/mol.